The van der Waals surface area contributed by atoms with E-state index in [9.17, 15) is 0 Å². The van der Waals surface area contributed by atoms with Crippen LogP contribution in [0.5, 0.6) is 0 Å². The molecular formula is C12H18N2O. The molecule has 2 unspecified atom stereocenters. The summed E-state index contributed by atoms with van der Waals surface area (Å²) in [4.78, 5) is 0. The lowest BCUT2D eigenvalue weighted by Gasteiger charge is -2.18. The Morgan fingerprint density at radius 2 is 1.93 bits per heavy atom. The number of fused-ring (bicyclic) bond motifs is 1. The fraction of sp³-hybridized carbons (Fsp3) is 0.500. The zero-order valence-corrected chi connectivity index (χ0v) is 8.82. The molecule has 1 aliphatic rings. The number of hydrogen-bond acceptors (Lipinski definition) is 3. The maximum Gasteiger partial charge on any atom is 0.0601 e. The molecular weight excluding hydrogens is 188 g/mol. The molecule has 0 radical (unpaired) electrons. The van der Waals surface area contributed by atoms with Crippen molar-refractivity contribution in [2.24, 2.45) is 11.5 Å². The van der Waals surface area contributed by atoms with Gasteiger partial charge in [0.1, 0.15) is 0 Å². The van der Waals surface area contributed by atoms with Crippen molar-refractivity contribution in [2.45, 2.75) is 31.3 Å². The van der Waals surface area contributed by atoms with Crippen LogP contribution < -0.4 is 11.5 Å². The van der Waals surface area contributed by atoms with Gasteiger partial charge in [-0.2, -0.15) is 0 Å². The molecule has 0 fully saturated rings. The highest BCUT2D eigenvalue weighted by atomic mass is 16.3. The molecule has 0 aromatic heterocycles. The standard InChI is InChI=1S/C12H18N2O/c13-11(7-15)12(14)10-5-4-8-2-1-3-9(8)6-10/h4-6,11-12,15H,1-3,7,13-14H2. The summed E-state index contributed by atoms with van der Waals surface area (Å²) in [6.45, 7) is -0.0712. The van der Waals surface area contributed by atoms with Crippen LogP contribution in [0, 0.1) is 0 Å². The lowest BCUT2D eigenvalue weighted by Crippen LogP contribution is -2.37. The Bertz CT molecular complexity index is 351. The van der Waals surface area contributed by atoms with Crippen molar-refractivity contribution in [3.8, 4) is 0 Å². The molecule has 3 nitrogen and oxygen atoms in total. The Balaban J connectivity index is 2.22. The molecule has 1 aliphatic carbocycles. The van der Waals surface area contributed by atoms with Crippen molar-refractivity contribution in [1.82, 2.24) is 0 Å². The van der Waals surface area contributed by atoms with E-state index in [-0.39, 0.29) is 18.7 Å². The zero-order chi connectivity index (χ0) is 10.8. The van der Waals surface area contributed by atoms with Crippen molar-refractivity contribution in [1.29, 1.82) is 0 Å². The molecule has 3 heteroatoms. The first-order valence-electron chi connectivity index (χ1n) is 5.46. The van der Waals surface area contributed by atoms with Crippen LogP contribution in [-0.4, -0.2) is 17.8 Å². The van der Waals surface area contributed by atoms with Crippen molar-refractivity contribution < 1.29 is 5.11 Å². The van der Waals surface area contributed by atoms with Crippen LogP contribution in [0.2, 0.25) is 0 Å². The molecule has 15 heavy (non-hydrogen) atoms. The number of aliphatic hydroxyl groups is 1. The number of benzene rings is 1. The van der Waals surface area contributed by atoms with Gasteiger partial charge in [0.15, 0.2) is 0 Å². The minimum atomic E-state index is -0.371. The lowest BCUT2D eigenvalue weighted by atomic mass is 9.97. The number of aryl methyl sites for hydroxylation is 2. The summed E-state index contributed by atoms with van der Waals surface area (Å²) in [7, 11) is 0. The van der Waals surface area contributed by atoms with Crippen LogP contribution in [-0.2, 0) is 12.8 Å². The fourth-order valence-electron chi connectivity index (χ4n) is 2.16. The average molecular weight is 206 g/mol. The summed E-state index contributed by atoms with van der Waals surface area (Å²) in [5.74, 6) is 0. The van der Waals surface area contributed by atoms with E-state index < -0.39 is 0 Å². The third-order valence-corrected chi connectivity index (χ3v) is 3.18. The van der Waals surface area contributed by atoms with E-state index in [0.717, 1.165) is 12.0 Å². The van der Waals surface area contributed by atoms with E-state index in [4.69, 9.17) is 16.6 Å². The lowest BCUT2D eigenvalue weighted by molar-refractivity contribution is 0.250. The summed E-state index contributed by atoms with van der Waals surface area (Å²) >= 11 is 0. The van der Waals surface area contributed by atoms with E-state index in [2.05, 4.69) is 12.1 Å². The second kappa shape index (κ2) is 4.31. The summed E-state index contributed by atoms with van der Waals surface area (Å²) in [6, 6.07) is 5.68. The van der Waals surface area contributed by atoms with Crippen molar-refractivity contribution in [3.05, 3.63) is 34.9 Å². The molecule has 1 aromatic carbocycles. The number of hydrogen-bond donors (Lipinski definition) is 3. The molecule has 0 bridgehead atoms. The van der Waals surface area contributed by atoms with Crippen molar-refractivity contribution in [2.75, 3.05) is 6.61 Å². The van der Waals surface area contributed by atoms with Gasteiger partial charge in [0.05, 0.1) is 6.61 Å². The first kappa shape index (κ1) is 10.6. The van der Waals surface area contributed by atoms with Crippen LogP contribution in [0.4, 0.5) is 0 Å². The maximum absolute atomic E-state index is 8.95. The molecule has 0 aliphatic heterocycles. The third-order valence-electron chi connectivity index (χ3n) is 3.18. The van der Waals surface area contributed by atoms with Gasteiger partial charge >= 0.3 is 0 Å². The Morgan fingerprint density at radius 1 is 1.20 bits per heavy atom. The normalized spacial score (nSPS) is 18.6. The van der Waals surface area contributed by atoms with Crippen LogP contribution in [0.25, 0.3) is 0 Å². The second-order valence-electron chi connectivity index (χ2n) is 4.25. The van der Waals surface area contributed by atoms with Gasteiger partial charge in [0.25, 0.3) is 0 Å². The van der Waals surface area contributed by atoms with Crippen molar-refractivity contribution >= 4 is 0 Å². The van der Waals surface area contributed by atoms with Gasteiger partial charge < -0.3 is 16.6 Å². The van der Waals surface area contributed by atoms with Gasteiger partial charge in [0.2, 0.25) is 0 Å². The minimum absolute atomic E-state index is 0.0712. The van der Waals surface area contributed by atoms with Gasteiger partial charge in [-0.15, -0.1) is 0 Å². The quantitative estimate of drug-likeness (QED) is 0.674. The van der Waals surface area contributed by atoms with Crippen LogP contribution in [0.15, 0.2) is 18.2 Å². The maximum atomic E-state index is 8.95. The second-order valence-corrected chi connectivity index (χ2v) is 4.25. The van der Waals surface area contributed by atoms with Crippen LogP contribution in [0.1, 0.15) is 29.2 Å². The molecule has 0 heterocycles. The number of rotatable bonds is 3. The predicted molar refractivity (Wildman–Crippen MR) is 60.5 cm³/mol. The van der Waals surface area contributed by atoms with Gasteiger partial charge in [-0.25, -0.2) is 0 Å². The number of aliphatic hydroxyl groups excluding tert-OH is 1. The molecule has 0 amide bonds. The smallest absolute Gasteiger partial charge is 0.0601 e. The fourth-order valence-corrected chi connectivity index (χ4v) is 2.16. The largest absolute Gasteiger partial charge is 0.395 e. The Hall–Kier alpha value is -0.900. The highest BCUT2D eigenvalue weighted by Crippen LogP contribution is 2.25. The molecule has 0 saturated heterocycles. The van der Waals surface area contributed by atoms with E-state index in [1.165, 1.54) is 24.0 Å². The van der Waals surface area contributed by atoms with E-state index in [1.54, 1.807) is 0 Å². The molecule has 82 valence electrons. The molecule has 0 spiro atoms. The van der Waals surface area contributed by atoms with Gasteiger partial charge in [-0.3, -0.25) is 0 Å². The predicted octanol–water partition coefficient (Wildman–Crippen LogP) is 0.495. The molecule has 0 saturated carbocycles. The molecule has 2 rings (SSSR count). The Kier molecular flexibility index (Phi) is 3.05. The van der Waals surface area contributed by atoms with E-state index in [0.29, 0.717) is 0 Å². The molecule has 5 N–H and O–H groups in total. The van der Waals surface area contributed by atoms with Crippen molar-refractivity contribution in [3.63, 3.8) is 0 Å². The summed E-state index contributed by atoms with van der Waals surface area (Å²) in [6.07, 6.45) is 3.56. The van der Waals surface area contributed by atoms with E-state index >= 15 is 0 Å². The topological polar surface area (TPSA) is 72.3 Å². The SMILES string of the molecule is NC(CO)C(N)c1ccc2c(c1)CCC2. The molecule has 2 atom stereocenters. The first-order valence-corrected chi connectivity index (χ1v) is 5.46. The summed E-state index contributed by atoms with van der Waals surface area (Å²) in [5, 5.41) is 8.95. The van der Waals surface area contributed by atoms with Crippen LogP contribution in [0.3, 0.4) is 0 Å². The van der Waals surface area contributed by atoms with E-state index in [1.807, 2.05) is 6.07 Å². The monoisotopic (exact) mass is 206 g/mol. The Labute approximate surface area is 90.1 Å². The van der Waals surface area contributed by atoms with Gasteiger partial charge in [-0.1, -0.05) is 18.2 Å². The average Bonchev–Trinajstić information content (AvgIpc) is 2.73. The Morgan fingerprint density at radius 3 is 2.67 bits per heavy atom. The highest BCUT2D eigenvalue weighted by Gasteiger charge is 2.17. The van der Waals surface area contributed by atoms with Gasteiger partial charge in [0, 0.05) is 12.1 Å². The van der Waals surface area contributed by atoms with Crippen LogP contribution >= 0.6 is 0 Å². The molecule has 1 aromatic rings. The first-order chi connectivity index (χ1) is 7.22. The summed E-state index contributed by atoms with van der Waals surface area (Å²) in [5.41, 5.74) is 15.5. The highest BCUT2D eigenvalue weighted by molar-refractivity contribution is 5.36. The van der Waals surface area contributed by atoms with Gasteiger partial charge in [-0.05, 0) is 36.0 Å². The summed E-state index contributed by atoms with van der Waals surface area (Å²) < 4.78 is 0. The minimum Gasteiger partial charge on any atom is -0.395 e. The third kappa shape index (κ3) is 2.04. The zero-order valence-electron chi connectivity index (χ0n) is 8.82. The number of nitrogens with two attached hydrogens (primary N) is 2.